The maximum atomic E-state index is 5.75. The predicted octanol–water partition coefficient (Wildman–Crippen LogP) is 3.69. The second-order valence-corrected chi connectivity index (χ2v) is 5.22. The Morgan fingerprint density at radius 1 is 1.35 bits per heavy atom. The molecule has 0 aliphatic heterocycles. The summed E-state index contributed by atoms with van der Waals surface area (Å²) in [6, 6.07) is 5.82. The number of benzene rings is 1. The lowest BCUT2D eigenvalue weighted by molar-refractivity contribution is 0.287. The third-order valence-corrected chi connectivity index (χ3v) is 3.30. The van der Waals surface area contributed by atoms with Crippen LogP contribution < -0.4 is 9.47 Å². The van der Waals surface area contributed by atoms with Gasteiger partial charge < -0.3 is 9.47 Å². The van der Waals surface area contributed by atoms with Gasteiger partial charge in [-0.05, 0) is 24.6 Å². The smallest absolute Gasteiger partial charge is 0.183 e. The molecule has 0 saturated carbocycles. The maximum Gasteiger partial charge on any atom is 0.183 e. The van der Waals surface area contributed by atoms with Crippen LogP contribution in [0.15, 0.2) is 24.4 Å². The molecular formula is C12H12ClNO2S. The van der Waals surface area contributed by atoms with E-state index in [1.807, 2.05) is 25.1 Å². The predicted molar refractivity (Wildman–Crippen MR) is 69.2 cm³/mol. The van der Waals surface area contributed by atoms with Gasteiger partial charge in [-0.1, -0.05) is 17.7 Å². The van der Waals surface area contributed by atoms with Crippen molar-refractivity contribution in [3.05, 3.63) is 39.3 Å². The minimum atomic E-state index is 0.448. The van der Waals surface area contributed by atoms with Crippen molar-refractivity contribution in [2.24, 2.45) is 0 Å². The molecule has 1 aromatic heterocycles. The minimum Gasteiger partial charge on any atom is -0.493 e. The van der Waals surface area contributed by atoms with Gasteiger partial charge >= 0.3 is 0 Å². The van der Waals surface area contributed by atoms with Gasteiger partial charge in [-0.2, -0.15) is 0 Å². The van der Waals surface area contributed by atoms with Crippen molar-refractivity contribution in [3.63, 3.8) is 0 Å². The SMILES string of the molecule is COc1cc(C)ccc1OCc1cnc(Cl)s1. The van der Waals surface area contributed by atoms with Crippen LogP contribution in [0.1, 0.15) is 10.4 Å². The second kappa shape index (κ2) is 5.38. The van der Waals surface area contributed by atoms with Crippen LogP contribution in [-0.4, -0.2) is 12.1 Å². The van der Waals surface area contributed by atoms with Gasteiger partial charge in [0.1, 0.15) is 6.61 Å². The molecule has 90 valence electrons. The van der Waals surface area contributed by atoms with Gasteiger partial charge in [0.05, 0.1) is 12.0 Å². The van der Waals surface area contributed by atoms with Gasteiger partial charge in [-0.15, -0.1) is 11.3 Å². The Kier molecular flexibility index (Phi) is 3.86. The van der Waals surface area contributed by atoms with Crippen LogP contribution in [0.25, 0.3) is 0 Å². The number of aromatic nitrogens is 1. The number of hydrogen-bond donors (Lipinski definition) is 0. The molecule has 0 N–H and O–H groups in total. The largest absolute Gasteiger partial charge is 0.493 e. The molecule has 2 rings (SSSR count). The summed E-state index contributed by atoms with van der Waals surface area (Å²) in [6.07, 6.45) is 1.72. The van der Waals surface area contributed by atoms with Gasteiger partial charge in [0.25, 0.3) is 0 Å². The summed E-state index contributed by atoms with van der Waals surface area (Å²) >= 11 is 7.16. The number of halogens is 1. The highest BCUT2D eigenvalue weighted by molar-refractivity contribution is 7.15. The Morgan fingerprint density at radius 2 is 2.18 bits per heavy atom. The van der Waals surface area contributed by atoms with Gasteiger partial charge in [-0.3, -0.25) is 0 Å². The summed E-state index contributed by atoms with van der Waals surface area (Å²) < 4.78 is 11.5. The molecular weight excluding hydrogens is 258 g/mol. The fourth-order valence-corrected chi connectivity index (χ4v) is 2.28. The average molecular weight is 270 g/mol. The molecule has 1 heterocycles. The number of thiazole rings is 1. The van der Waals surface area contributed by atoms with Crippen molar-refractivity contribution >= 4 is 22.9 Å². The van der Waals surface area contributed by atoms with Crippen LogP contribution in [0.3, 0.4) is 0 Å². The molecule has 0 unspecified atom stereocenters. The van der Waals surface area contributed by atoms with E-state index in [-0.39, 0.29) is 0 Å². The number of hydrogen-bond acceptors (Lipinski definition) is 4. The van der Waals surface area contributed by atoms with Crippen LogP contribution in [0.4, 0.5) is 0 Å². The molecule has 0 bridgehead atoms. The Balaban J connectivity index is 2.08. The quantitative estimate of drug-likeness (QED) is 0.848. The summed E-state index contributed by atoms with van der Waals surface area (Å²) in [5, 5.41) is 0. The zero-order valence-corrected chi connectivity index (χ0v) is 11.1. The van der Waals surface area contributed by atoms with Crippen molar-refractivity contribution in [2.45, 2.75) is 13.5 Å². The number of aryl methyl sites for hydroxylation is 1. The van der Waals surface area contributed by atoms with Crippen LogP contribution in [0.5, 0.6) is 11.5 Å². The standard InChI is InChI=1S/C12H12ClNO2S/c1-8-3-4-10(11(5-8)15-2)16-7-9-6-14-12(13)17-9/h3-6H,7H2,1-2H3. The first-order valence-electron chi connectivity index (χ1n) is 5.06. The fourth-order valence-electron chi connectivity index (χ4n) is 1.39. The van der Waals surface area contributed by atoms with Crippen LogP contribution >= 0.6 is 22.9 Å². The summed E-state index contributed by atoms with van der Waals surface area (Å²) in [5.41, 5.74) is 1.13. The van der Waals surface area contributed by atoms with E-state index >= 15 is 0 Å². The Hall–Kier alpha value is -1.26. The first-order valence-corrected chi connectivity index (χ1v) is 6.26. The van der Waals surface area contributed by atoms with Crippen LogP contribution in [0, 0.1) is 6.92 Å². The zero-order chi connectivity index (χ0) is 12.3. The van der Waals surface area contributed by atoms with Crippen LogP contribution in [-0.2, 0) is 6.61 Å². The monoisotopic (exact) mass is 269 g/mol. The van der Waals surface area contributed by atoms with E-state index in [9.17, 15) is 0 Å². The molecule has 5 heteroatoms. The van der Waals surface area contributed by atoms with E-state index < -0.39 is 0 Å². The molecule has 1 aromatic carbocycles. The molecule has 0 spiro atoms. The number of nitrogens with zero attached hydrogens (tertiary/aromatic N) is 1. The summed E-state index contributed by atoms with van der Waals surface area (Å²) in [6.45, 7) is 2.46. The molecule has 0 aliphatic rings. The highest BCUT2D eigenvalue weighted by Gasteiger charge is 2.06. The number of rotatable bonds is 4. The molecule has 0 aliphatic carbocycles. The molecule has 0 atom stereocenters. The highest BCUT2D eigenvalue weighted by Crippen LogP contribution is 2.29. The van der Waals surface area contributed by atoms with E-state index in [0.29, 0.717) is 11.1 Å². The van der Waals surface area contributed by atoms with Gasteiger partial charge in [0.15, 0.2) is 16.0 Å². The maximum absolute atomic E-state index is 5.75. The molecule has 0 amide bonds. The van der Waals surface area contributed by atoms with E-state index in [2.05, 4.69) is 4.98 Å². The molecule has 2 aromatic rings. The Labute approximate surface area is 109 Å². The van der Waals surface area contributed by atoms with E-state index in [4.69, 9.17) is 21.1 Å². The van der Waals surface area contributed by atoms with Crippen molar-refractivity contribution in [1.82, 2.24) is 4.98 Å². The van der Waals surface area contributed by atoms with Crippen molar-refractivity contribution in [3.8, 4) is 11.5 Å². The van der Waals surface area contributed by atoms with E-state index in [0.717, 1.165) is 21.9 Å². The molecule has 0 fully saturated rings. The van der Waals surface area contributed by atoms with E-state index in [1.54, 1.807) is 13.3 Å². The Morgan fingerprint density at radius 3 is 2.82 bits per heavy atom. The van der Waals surface area contributed by atoms with Gasteiger partial charge in [0, 0.05) is 6.20 Å². The summed E-state index contributed by atoms with van der Waals surface area (Å²) in [4.78, 5) is 4.94. The first kappa shape index (κ1) is 12.2. The molecule has 17 heavy (non-hydrogen) atoms. The fraction of sp³-hybridized carbons (Fsp3) is 0.250. The third kappa shape index (κ3) is 3.11. The number of methoxy groups -OCH3 is 1. The lowest BCUT2D eigenvalue weighted by Crippen LogP contribution is -1.96. The second-order valence-electron chi connectivity index (χ2n) is 3.52. The molecule has 0 radical (unpaired) electrons. The molecule has 3 nitrogen and oxygen atoms in total. The summed E-state index contributed by atoms with van der Waals surface area (Å²) in [7, 11) is 1.63. The highest BCUT2D eigenvalue weighted by atomic mass is 35.5. The minimum absolute atomic E-state index is 0.448. The van der Waals surface area contributed by atoms with Crippen molar-refractivity contribution in [1.29, 1.82) is 0 Å². The topological polar surface area (TPSA) is 31.4 Å². The van der Waals surface area contributed by atoms with Crippen molar-refractivity contribution in [2.75, 3.05) is 7.11 Å². The molecule has 0 saturated heterocycles. The Bertz CT molecular complexity index is 513. The van der Waals surface area contributed by atoms with Gasteiger partial charge in [-0.25, -0.2) is 4.98 Å². The lowest BCUT2D eigenvalue weighted by Gasteiger charge is -2.10. The number of ether oxygens (including phenoxy) is 2. The zero-order valence-electron chi connectivity index (χ0n) is 9.57. The average Bonchev–Trinajstić information content (AvgIpc) is 2.73. The summed E-state index contributed by atoms with van der Waals surface area (Å²) in [5.74, 6) is 1.46. The van der Waals surface area contributed by atoms with Crippen molar-refractivity contribution < 1.29 is 9.47 Å². The lowest BCUT2D eigenvalue weighted by atomic mass is 10.2. The first-order chi connectivity index (χ1) is 8.19. The third-order valence-electron chi connectivity index (χ3n) is 2.21. The van der Waals surface area contributed by atoms with Gasteiger partial charge in [0.2, 0.25) is 0 Å². The van der Waals surface area contributed by atoms with E-state index in [1.165, 1.54) is 11.3 Å². The normalized spacial score (nSPS) is 10.3. The van der Waals surface area contributed by atoms with Crippen LogP contribution in [0.2, 0.25) is 4.47 Å².